The van der Waals surface area contributed by atoms with E-state index in [0.29, 0.717) is 11.4 Å². The van der Waals surface area contributed by atoms with Crippen LogP contribution in [-0.2, 0) is 4.79 Å². The van der Waals surface area contributed by atoms with Crippen molar-refractivity contribution in [1.82, 2.24) is 9.97 Å². The van der Waals surface area contributed by atoms with Crippen molar-refractivity contribution >= 4 is 11.5 Å². The maximum atomic E-state index is 10.7. The van der Waals surface area contributed by atoms with Crippen LogP contribution in [0.15, 0.2) is 18.5 Å². The van der Waals surface area contributed by atoms with Gasteiger partial charge < -0.3 is 10.7 Å². The maximum Gasteiger partial charge on any atom is 0.252 e. The highest BCUT2D eigenvalue weighted by atomic mass is 16.1. The van der Waals surface area contributed by atoms with Gasteiger partial charge in [0, 0.05) is 12.4 Å². The van der Waals surface area contributed by atoms with Crippen molar-refractivity contribution in [2.45, 2.75) is 6.92 Å². The molecule has 0 fully saturated rings. The molecule has 0 saturated carbocycles. The highest BCUT2D eigenvalue weighted by Crippen LogP contribution is 2.06. The van der Waals surface area contributed by atoms with Gasteiger partial charge in [-0.2, -0.15) is 0 Å². The SMILES string of the molecule is C/C=C(\C(N)=O)c1ncc[nH]1. The lowest BCUT2D eigenvalue weighted by molar-refractivity contribution is -0.112. The van der Waals surface area contributed by atoms with Crippen molar-refractivity contribution in [1.29, 1.82) is 0 Å². The molecule has 1 aromatic heterocycles. The molecule has 0 radical (unpaired) electrons. The molecule has 0 aliphatic heterocycles. The number of amides is 1. The first kappa shape index (κ1) is 7.53. The van der Waals surface area contributed by atoms with Crippen LogP contribution < -0.4 is 5.73 Å². The third-order valence-corrected chi connectivity index (χ3v) is 1.31. The number of nitrogens with zero attached hydrogens (tertiary/aromatic N) is 1. The summed E-state index contributed by atoms with van der Waals surface area (Å²) in [5.74, 6) is 0.0439. The average Bonchev–Trinajstić information content (AvgIpc) is 2.40. The molecule has 4 heteroatoms. The Morgan fingerprint density at radius 2 is 2.55 bits per heavy atom. The summed E-state index contributed by atoms with van der Waals surface area (Å²) in [5.41, 5.74) is 5.48. The second kappa shape index (κ2) is 3.01. The molecular weight excluding hydrogens is 142 g/mol. The van der Waals surface area contributed by atoms with Crippen molar-refractivity contribution in [3.63, 3.8) is 0 Å². The molecule has 0 spiro atoms. The lowest BCUT2D eigenvalue weighted by Gasteiger charge is -1.95. The van der Waals surface area contributed by atoms with Crippen LogP contribution in [0.1, 0.15) is 12.7 Å². The van der Waals surface area contributed by atoms with Crippen molar-refractivity contribution in [2.75, 3.05) is 0 Å². The molecule has 11 heavy (non-hydrogen) atoms. The van der Waals surface area contributed by atoms with E-state index in [1.165, 1.54) is 0 Å². The summed E-state index contributed by atoms with van der Waals surface area (Å²) in [4.78, 5) is 17.4. The Morgan fingerprint density at radius 1 is 1.82 bits per heavy atom. The molecule has 0 aromatic carbocycles. The molecule has 1 aromatic rings. The zero-order valence-electron chi connectivity index (χ0n) is 6.16. The van der Waals surface area contributed by atoms with Gasteiger partial charge in [0.2, 0.25) is 0 Å². The summed E-state index contributed by atoms with van der Waals surface area (Å²) in [7, 11) is 0. The van der Waals surface area contributed by atoms with E-state index in [2.05, 4.69) is 9.97 Å². The largest absolute Gasteiger partial charge is 0.365 e. The molecule has 3 N–H and O–H groups in total. The van der Waals surface area contributed by atoms with Crippen LogP contribution in [0, 0.1) is 0 Å². The van der Waals surface area contributed by atoms with E-state index >= 15 is 0 Å². The zero-order chi connectivity index (χ0) is 8.27. The van der Waals surface area contributed by atoms with Gasteiger partial charge in [0.05, 0.1) is 5.57 Å². The number of carbonyl (C=O) groups excluding carboxylic acids is 1. The van der Waals surface area contributed by atoms with E-state index in [1.807, 2.05) is 0 Å². The molecule has 1 rings (SSSR count). The number of carbonyl (C=O) groups is 1. The third kappa shape index (κ3) is 1.46. The Balaban J connectivity index is 2.99. The molecule has 0 saturated heterocycles. The van der Waals surface area contributed by atoms with Gasteiger partial charge in [-0.15, -0.1) is 0 Å². The second-order valence-electron chi connectivity index (χ2n) is 2.00. The van der Waals surface area contributed by atoms with Crippen LogP contribution in [0.2, 0.25) is 0 Å². The molecule has 0 bridgehead atoms. The van der Waals surface area contributed by atoms with E-state index in [1.54, 1.807) is 25.4 Å². The number of hydrogen-bond donors (Lipinski definition) is 2. The number of allylic oxidation sites excluding steroid dienone is 1. The van der Waals surface area contributed by atoms with Gasteiger partial charge in [0.15, 0.2) is 0 Å². The van der Waals surface area contributed by atoms with Crippen LogP contribution in [0.3, 0.4) is 0 Å². The first-order chi connectivity index (χ1) is 5.25. The molecule has 1 heterocycles. The first-order valence-electron chi connectivity index (χ1n) is 3.21. The summed E-state index contributed by atoms with van der Waals surface area (Å²) in [6, 6.07) is 0. The smallest absolute Gasteiger partial charge is 0.252 e. The van der Waals surface area contributed by atoms with Gasteiger partial charge in [0.25, 0.3) is 5.91 Å². The van der Waals surface area contributed by atoms with E-state index in [9.17, 15) is 4.79 Å². The number of H-pyrrole nitrogens is 1. The normalized spacial score (nSPS) is 11.5. The zero-order valence-corrected chi connectivity index (χ0v) is 6.16. The van der Waals surface area contributed by atoms with Gasteiger partial charge in [-0.3, -0.25) is 4.79 Å². The fourth-order valence-corrected chi connectivity index (χ4v) is 0.808. The molecular formula is C7H9N3O. The van der Waals surface area contributed by atoms with Crippen LogP contribution >= 0.6 is 0 Å². The minimum atomic E-state index is -0.470. The van der Waals surface area contributed by atoms with Crippen LogP contribution in [0.4, 0.5) is 0 Å². The summed E-state index contributed by atoms with van der Waals surface area (Å²) in [6.07, 6.45) is 4.84. The van der Waals surface area contributed by atoms with Gasteiger partial charge in [-0.1, -0.05) is 6.08 Å². The number of nitrogens with two attached hydrogens (primary N) is 1. The third-order valence-electron chi connectivity index (χ3n) is 1.31. The predicted molar refractivity (Wildman–Crippen MR) is 41.4 cm³/mol. The lowest BCUT2D eigenvalue weighted by Crippen LogP contribution is -2.13. The summed E-state index contributed by atoms with van der Waals surface area (Å²) < 4.78 is 0. The minimum Gasteiger partial charge on any atom is -0.365 e. The van der Waals surface area contributed by atoms with Gasteiger partial charge in [-0.25, -0.2) is 4.98 Å². The van der Waals surface area contributed by atoms with Crippen LogP contribution in [0.25, 0.3) is 5.57 Å². The summed E-state index contributed by atoms with van der Waals surface area (Å²) in [5, 5.41) is 0. The monoisotopic (exact) mass is 151 g/mol. The Labute approximate surface area is 64.1 Å². The maximum absolute atomic E-state index is 10.7. The predicted octanol–water partition coefficient (Wildman–Crippen LogP) is 0.298. The highest BCUT2D eigenvalue weighted by molar-refractivity contribution is 6.17. The number of aromatic amines is 1. The number of imidazole rings is 1. The quantitative estimate of drug-likeness (QED) is 0.596. The molecule has 0 atom stereocenters. The lowest BCUT2D eigenvalue weighted by atomic mass is 10.2. The molecule has 0 aliphatic carbocycles. The molecule has 1 amide bonds. The molecule has 0 aliphatic rings. The first-order valence-corrected chi connectivity index (χ1v) is 3.21. The molecule has 0 unspecified atom stereocenters. The highest BCUT2D eigenvalue weighted by Gasteiger charge is 2.07. The fourth-order valence-electron chi connectivity index (χ4n) is 0.808. The second-order valence-corrected chi connectivity index (χ2v) is 2.00. The Kier molecular flexibility index (Phi) is 2.06. The van der Waals surface area contributed by atoms with Crippen molar-refractivity contribution in [3.8, 4) is 0 Å². The topological polar surface area (TPSA) is 71.8 Å². The fraction of sp³-hybridized carbons (Fsp3) is 0.143. The van der Waals surface area contributed by atoms with Crippen LogP contribution in [-0.4, -0.2) is 15.9 Å². The number of rotatable bonds is 2. The van der Waals surface area contributed by atoms with Gasteiger partial charge in [-0.05, 0) is 6.92 Å². The standard InChI is InChI=1S/C7H9N3O/c1-2-5(6(8)11)7-9-3-4-10-7/h2-4H,1H3,(H2,8,11)(H,9,10)/b5-2+. The number of primary amides is 1. The number of nitrogens with one attached hydrogen (secondary N) is 1. The molecule has 4 nitrogen and oxygen atoms in total. The van der Waals surface area contributed by atoms with Crippen molar-refractivity contribution < 1.29 is 4.79 Å². The van der Waals surface area contributed by atoms with Gasteiger partial charge in [0.1, 0.15) is 5.82 Å². The van der Waals surface area contributed by atoms with Crippen LogP contribution in [0.5, 0.6) is 0 Å². The van der Waals surface area contributed by atoms with E-state index in [4.69, 9.17) is 5.73 Å². The Morgan fingerprint density at radius 3 is 2.91 bits per heavy atom. The minimum absolute atomic E-state index is 0.412. The average molecular weight is 151 g/mol. The van der Waals surface area contributed by atoms with E-state index < -0.39 is 5.91 Å². The number of hydrogen-bond acceptors (Lipinski definition) is 2. The Hall–Kier alpha value is -1.58. The van der Waals surface area contributed by atoms with Crippen molar-refractivity contribution in [2.24, 2.45) is 5.73 Å². The van der Waals surface area contributed by atoms with E-state index in [0.717, 1.165) is 0 Å². The summed E-state index contributed by atoms with van der Waals surface area (Å²) >= 11 is 0. The number of aromatic nitrogens is 2. The Bertz CT molecular complexity index is 274. The van der Waals surface area contributed by atoms with Crippen molar-refractivity contribution in [3.05, 3.63) is 24.3 Å². The summed E-state index contributed by atoms with van der Waals surface area (Å²) in [6.45, 7) is 1.74. The van der Waals surface area contributed by atoms with Gasteiger partial charge >= 0.3 is 0 Å². The van der Waals surface area contributed by atoms with E-state index in [-0.39, 0.29) is 0 Å². The molecule has 58 valence electrons.